The van der Waals surface area contributed by atoms with Gasteiger partial charge in [0.05, 0.1) is 6.61 Å². The average molecular weight is 355 g/mol. The van der Waals surface area contributed by atoms with Crippen LogP contribution < -0.4 is 15.0 Å². The standard InChI is InChI=1S/C20H25N3O3/c1-15-3-2-4-18(13-15)26-17-6-10-23(11-7-17)16-5-8-21-19(14-16)20(25)22-9-12-24/h2-5,8,13-14,17,24H,6-7,9-12H2,1H3,(H,22,25). The van der Waals surface area contributed by atoms with Crippen molar-refractivity contribution < 1.29 is 14.6 Å². The van der Waals surface area contributed by atoms with Crippen LogP contribution in [-0.4, -0.2) is 48.3 Å². The van der Waals surface area contributed by atoms with E-state index in [1.54, 1.807) is 12.3 Å². The van der Waals surface area contributed by atoms with Gasteiger partial charge < -0.3 is 20.1 Å². The Labute approximate surface area is 153 Å². The Morgan fingerprint density at radius 1 is 1.31 bits per heavy atom. The highest BCUT2D eigenvalue weighted by atomic mass is 16.5. The summed E-state index contributed by atoms with van der Waals surface area (Å²) < 4.78 is 6.10. The molecule has 1 aromatic heterocycles. The smallest absolute Gasteiger partial charge is 0.270 e. The number of nitrogens with one attached hydrogen (secondary N) is 1. The van der Waals surface area contributed by atoms with Gasteiger partial charge in [-0.05, 0) is 36.8 Å². The Kier molecular flexibility index (Phi) is 6.07. The van der Waals surface area contributed by atoms with Gasteiger partial charge in [-0.3, -0.25) is 9.78 Å². The molecule has 1 aliphatic heterocycles. The number of anilines is 1. The zero-order valence-corrected chi connectivity index (χ0v) is 15.0. The number of piperidine rings is 1. The largest absolute Gasteiger partial charge is 0.490 e. The van der Waals surface area contributed by atoms with Gasteiger partial charge >= 0.3 is 0 Å². The number of aryl methyl sites for hydroxylation is 1. The van der Waals surface area contributed by atoms with Crippen molar-refractivity contribution in [1.82, 2.24) is 10.3 Å². The van der Waals surface area contributed by atoms with E-state index < -0.39 is 0 Å². The van der Waals surface area contributed by atoms with E-state index in [-0.39, 0.29) is 25.2 Å². The fourth-order valence-electron chi connectivity index (χ4n) is 3.11. The molecular formula is C20H25N3O3. The van der Waals surface area contributed by atoms with E-state index in [0.29, 0.717) is 5.69 Å². The summed E-state index contributed by atoms with van der Waals surface area (Å²) in [5.74, 6) is 0.661. The van der Waals surface area contributed by atoms with Gasteiger partial charge in [0.1, 0.15) is 17.5 Å². The lowest BCUT2D eigenvalue weighted by Gasteiger charge is -2.33. The third kappa shape index (κ3) is 4.73. The van der Waals surface area contributed by atoms with Gasteiger partial charge in [0.25, 0.3) is 5.91 Å². The van der Waals surface area contributed by atoms with E-state index in [9.17, 15) is 4.79 Å². The van der Waals surface area contributed by atoms with Crippen molar-refractivity contribution in [3.63, 3.8) is 0 Å². The molecular weight excluding hydrogens is 330 g/mol. The number of aliphatic hydroxyl groups is 1. The number of rotatable bonds is 6. The first kappa shape index (κ1) is 18.2. The number of nitrogens with zero attached hydrogens (tertiary/aromatic N) is 2. The molecule has 6 nitrogen and oxygen atoms in total. The summed E-state index contributed by atoms with van der Waals surface area (Å²) in [5.41, 5.74) is 2.56. The number of carbonyl (C=O) groups excluding carboxylic acids is 1. The fraction of sp³-hybridized carbons (Fsp3) is 0.400. The molecule has 2 N–H and O–H groups in total. The van der Waals surface area contributed by atoms with Gasteiger partial charge in [0.15, 0.2) is 0 Å². The number of aliphatic hydroxyl groups excluding tert-OH is 1. The highest BCUT2D eigenvalue weighted by Crippen LogP contribution is 2.24. The van der Waals surface area contributed by atoms with Gasteiger partial charge in [-0.25, -0.2) is 0 Å². The number of carbonyl (C=O) groups is 1. The van der Waals surface area contributed by atoms with Gasteiger partial charge in [-0.2, -0.15) is 0 Å². The maximum absolute atomic E-state index is 12.0. The molecule has 3 rings (SSSR count). The molecule has 0 saturated carbocycles. The summed E-state index contributed by atoms with van der Waals surface area (Å²) in [6, 6.07) is 11.9. The van der Waals surface area contributed by atoms with Crippen LogP contribution >= 0.6 is 0 Å². The molecule has 1 saturated heterocycles. The van der Waals surface area contributed by atoms with Crippen LogP contribution in [0.3, 0.4) is 0 Å². The first-order valence-corrected chi connectivity index (χ1v) is 8.99. The number of hydrogen-bond acceptors (Lipinski definition) is 5. The van der Waals surface area contributed by atoms with Crippen molar-refractivity contribution in [3.05, 3.63) is 53.9 Å². The van der Waals surface area contributed by atoms with Crippen LogP contribution in [0.15, 0.2) is 42.6 Å². The summed E-state index contributed by atoms with van der Waals surface area (Å²) in [6.07, 6.45) is 3.73. The Hall–Kier alpha value is -2.60. The molecule has 0 spiro atoms. The van der Waals surface area contributed by atoms with Crippen LogP contribution in [0.2, 0.25) is 0 Å². The minimum atomic E-state index is -0.265. The maximum atomic E-state index is 12.0. The molecule has 1 amide bonds. The van der Waals surface area contributed by atoms with E-state index in [2.05, 4.69) is 34.3 Å². The number of pyridine rings is 1. The number of hydrogen-bond donors (Lipinski definition) is 2. The Bertz CT molecular complexity index is 743. The van der Waals surface area contributed by atoms with Crippen molar-refractivity contribution in [3.8, 4) is 5.75 Å². The van der Waals surface area contributed by atoms with E-state index in [4.69, 9.17) is 9.84 Å². The van der Waals surface area contributed by atoms with Gasteiger partial charge in [-0.15, -0.1) is 0 Å². The number of benzene rings is 1. The predicted octanol–water partition coefficient (Wildman–Crippen LogP) is 2.16. The minimum Gasteiger partial charge on any atom is -0.490 e. The molecule has 0 aliphatic carbocycles. The van der Waals surface area contributed by atoms with Crippen LogP contribution in [0.5, 0.6) is 5.75 Å². The Balaban J connectivity index is 1.57. The first-order valence-electron chi connectivity index (χ1n) is 8.99. The van der Waals surface area contributed by atoms with Crippen molar-refractivity contribution >= 4 is 11.6 Å². The van der Waals surface area contributed by atoms with Gasteiger partial charge in [-0.1, -0.05) is 12.1 Å². The Morgan fingerprint density at radius 2 is 2.12 bits per heavy atom. The summed E-state index contributed by atoms with van der Waals surface area (Å²) in [6.45, 7) is 3.95. The second-order valence-corrected chi connectivity index (χ2v) is 6.50. The fourth-order valence-corrected chi connectivity index (χ4v) is 3.11. The van der Waals surface area contributed by atoms with Crippen molar-refractivity contribution in [1.29, 1.82) is 0 Å². The maximum Gasteiger partial charge on any atom is 0.270 e. The molecule has 0 unspecified atom stereocenters. The number of amides is 1. The van der Waals surface area contributed by atoms with Crippen LogP contribution in [-0.2, 0) is 0 Å². The quantitative estimate of drug-likeness (QED) is 0.831. The van der Waals surface area contributed by atoms with Crippen LogP contribution in [0.1, 0.15) is 28.9 Å². The van der Waals surface area contributed by atoms with Crippen LogP contribution in [0, 0.1) is 6.92 Å². The third-order valence-corrected chi connectivity index (χ3v) is 4.47. The van der Waals surface area contributed by atoms with E-state index in [0.717, 1.165) is 37.4 Å². The minimum absolute atomic E-state index is 0.0834. The summed E-state index contributed by atoms with van der Waals surface area (Å²) in [7, 11) is 0. The summed E-state index contributed by atoms with van der Waals surface area (Å²) in [5, 5.41) is 11.4. The highest BCUT2D eigenvalue weighted by Gasteiger charge is 2.21. The van der Waals surface area contributed by atoms with E-state index >= 15 is 0 Å². The van der Waals surface area contributed by atoms with Crippen LogP contribution in [0.4, 0.5) is 5.69 Å². The van der Waals surface area contributed by atoms with Gasteiger partial charge in [0, 0.05) is 44.4 Å². The molecule has 0 radical (unpaired) electrons. The molecule has 0 bridgehead atoms. The molecule has 138 valence electrons. The normalized spacial score (nSPS) is 14.9. The monoisotopic (exact) mass is 355 g/mol. The Morgan fingerprint density at radius 3 is 2.85 bits per heavy atom. The molecule has 6 heteroatoms. The van der Waals surface area contributed by atoms with Crippen molar-refractivity contribution in [2.45, 2.75) is 25.9 Å². The average Bonchev–Trinajstić information content (AvgIpc) is 2.67. The molecule has 1 aromatic carbocycles. The van der Waals surface area contributed by atoms with E-state index in [1.165, 1.54) is 5.56 Å². The molecule has 26 heavy (non-hydrogen) atoms. The SMILES string of the molecule is Cc1cccc(OC2CCN(c3ccnc(C(=O)NCCO)c3)CC2)c1. The lowest BCUT2D eigenvalue weighted by atomic mass is 10.1. The lowest BCUT2D eigenvalue weighted by molar-refractivity contribution is 0.0939. The molecule has 0 atom stereocenters. The zero-order chi connectivity index (χ0) is 18.4. The van der Waals surface area contributed by atoms with E-state index in [1.807, 2.05) is 18.2 Å². The first-order chi connectivity index (χ1) is 12.7. The second kappa shape index (κ2) is 8.67. The van der Waals surface area contributed by atoms with Crippen molar-refractivity contribution in [2.75, 3.05) is 31.1 Å². The third-order valence-electron chi connectivity index (χ3n) is 4.47. The summed E-state index contributed by atoms with van der Waals surface area (Å²) in [4.78, 5) is 18.4. The topological polar surface area (TPSA) is 74.7 Å². The molecule has 2 aromatic rings. The second-order valence-electron chi connectivity index (χ2n) is 6.50. The summed E-state index contributed by atoms with van der Waals surface area (Å²) >= 11 is 0. The molecule has 2 heterocycles. The predicted molar refractivity (Wildman–Crippen MR) is 101 cm³/mol. The number of aromatic nitrogens is 1. The molecule has 1 fully saturated rings. The van der Waals surface area contributed by atoms with Crippen molar-refractivity contribution in [2.24, 2.45) is 0 Å². The molecule has 1 aliphatic rings. The lowest BCUT2D eigenvalue weighted by Crippen LogP contribution is -2.38. The number of ether oxygens (including phenoxy) is 1. The van der Waals surface area contributed by atoms with Crippen LogP contribution in [0.25, 0.3) is 0 Å². The van der Waals surface area contributed by atoms with Gasteiger partial charge in [0.2, 0.25) is 0 Å². The zero-order valence-electron chi connectivity index (χ0n) is 15.0. The highest BCUT2D eigenvalue weighted by molar-refractivity contribution is 5.93.